The number of benzene rings is 2. The fourth-order valence-electron chi connectivity index (χ4n) is 1.58. The number of hydrogen-bond acceptors (Lipinski definition) is 4. The second-order valence-corrected chi connectivity index (χ2v) is 6.39. The standard InChI is InChI=1S/C15H12F5NOS2/c1-8-2-4-9(5-3-8)24-22-7-6-21-23-15-13(19)11(17)10(16)12(18)14(15)20/h2-5,21H,6-7H2,1H3. The average Bonchev–Trinajstić information content (AvgIpc) is 2.58. The Balaban J connectivity index is 1.80. The molecule has 2 rings (SSSR count). The minimum Gasteiger partial charge on any atom is -0.309 e. The fourth-order valence-corrected chi connectivity index (χ4v) is 2.82. The summed E-state index contributed by atoms with van der Waals surface area (Å²) < 4.78 is 73.5. The van der Waals surface area contributed by atoms with Crippen molar-refractivity contribution >= 4 is 24.0 Å². The zero-order chi connectivity index (χ0) is 17.7. The van der Waals surface area contributed by atoms with Crippen LogP contribution in [-0.4, -0.2) is 13.2 Å². The van der Waals surface area contributed by atoms with Crippen molar-refractivity contribution in [1.29, 1.82) is 0 Å². The Morgan fingerprint density at radius 1 is 0.875 bits per heavy atom. The first-order valence-corrected chi connectivity index (χ1v) is 8.25. The minimum atomic E-state index is -2.17. The number of nitrogens with one attached hydrogen (secondary N) is 1. The zero-order valence-electron chi connectivity index (χ0n) is 12.3. The largest absolute Gasteiger partial charge is 0.309 e. The molecule has 0 unspecified atom stereocenters. The predicted octanol–water partition coefficient (Wildman–Crippen LogP) is 5.01. The maximum absolute atomic E-state index is 13.4. The highest BCUT2D eigenvalue weighted by molar-refractivity contribution is 7.97. The van der Waals surface area contributed by atoms with E-state index in [1.165, 1.54) is 0 Å². The maximum Gasteiger partial charge on any atom is 0.200 e. The van der Waals surface area contributed by atoms with E-state index in [-0.39, 0.29) is 13.2 Å². The van der Waals surface area contributed by atoms with E-state index < -0.39 is 34.0 Å². The lowest BCUT2D eigenvalue weighted by Crippen LogP contribution is -2.13. The summed E-state index contributed by atoms with van der Waals surface area (Å²) in [7, 11) is 0. The van der Waals surface area contributed by atoms with Crippen LogP contribution in [0.1, 0.15) is 5.56 Å². The molecule has 0 amide bonds. The molecule has 0 radical (unpaired) electrons. The lowest BCUT2D eigenvalue weighted by atomic mass is 10.2. The Bertz CT molecular complexity index is 683. The summed E-state index contributed by atoms with van der Waals surface area (Å²) in [5.41, 5.74) is 1.11. The molecule has 0 aliphatic carbocycles. The number of rotatable bonds is 7. The fraction of sp³-hybridized carbons (Fsp3) is 0.200. The van der Waals surface area contributed by atoms with Gasteiger partial charge in [-0.05, 0) is 31.0 Å². The molecule has 0 heterocycles. The highest BCUT2D eigenvalue weighted by atomic mass is 32.2. The number of hydrogen-bond donors (Lipinski definition) is 1. The molecule has 0 aliphatic heterocycles. The molecule has 1 N–H and O–H groups in total. The summed E-state index contributed by atoms with van der Waals surface area (Å²) in [6.07, 6.45) is 0. The lowest BCUT2D eigenvalue weighted by Gasteiger charge is -2.08. The predicted molar refractivity (Wildman–Crippen MR) is 83.1 cm³/mol. The van der Waals surface area contributed by atoms with Crippen LogP contribution in [0.4, 0.5) is 22.0 Å². The van der Waals surface area contributed by atoms with Crippen molar-refractivity contribution in [2.45, 2.75) is 16.7 Å². The maximum atomic E-state index is 13.4. The van der Waals surface area contributed by atoms with Crippen LogP contribution in [0, 0.1) is 36.0 Å². The molecule has 24 heavy (non-hydrogen) atoms. The monoisotopic (exact) mass is 381 g/mol. The molecule has 130 valence electrons. The van der Waals surface area contributed by atoms with E-state index in [1.54, 1.807) is 0 Å². The van der Waals surface area contributed by atoms with Gasteiger partial charge in [0.05, 0.1) is 6.61 Å². The van der Waals surface area contributed by atoms with Crippen LogP contribution in [0.3, 0.4) is 0 Å². The van der Waals surface area contributed by atoms with Crippen LogP contribution < -0.4 is 4.72 Å². The average molecular weight is 381 g/mol. The molecule has 0 aliphatic rings. The van der Waals surface area contributed by atoms with Gasteiger partial charge in [0.1, 0.15) is 4.90 Å². The van der Waals surface area contributed by atoms with Crippen molar-refractivity contribution in [3.63, 3.8) is 0 Å². The van der Waals surface area contributed by atoms with E-state index in [2.05, 4.69) is 4.72 Å². The van der Waals surface area contributed by atoms with E-state index in [1.807, 2.05) is 31.2 Å². The second-order valence-electron chi connectivity index (χ2n) is 4.61. The van der Waals surface area contributed by atoms with Gasteiger partial charge in [-0.25, -0.2) is 22.0 Å². The molecule has 0 saturated carbocycles. The summed E-state index contributed by atoms with van der Waals surface area (Å²) in [5, 5.41) is 0. The van der Waals surface area contributed by atoms with Crippen molar-refractivity contribution in [1.82, 2.24) is 4.72 Å². The molecule has 0 spiro atoms. The molecule has 0 bridgehead atoms. The van der Waals surface area contributed by atoms with Gasteiger partial charge < -0.3 is 4.18 Å². The van der Waals surface area contributed by atoms with Crippen molar-refractivity contribution in [3.05, 3.63) is 58.9 Å². The molecule has 0 aromatic heterocycles. The normalized spacial score (nSPS) is 11.1. The molecule has 0 atom stereocenters. The van der Waals surface area contributed by atoms with Gasteiger partial charge >= 0.3 is 0 Å². The van der Waals surface area contributed by atoms with Crippen LogP contribution in [0.5, 0.6) is 0 Å². The van der Waals surface area contributed by atoms with Gasteiger partial charge in [0, 0.05) is 23.5 Å². The third-order valence-electron chi connectivity index (χ3n) is 2.81. The Morgan fingerprint density at radius 3 is 2.00 bits per heavy atom. The third-order valence-corrected chi connectivity index (χ3v) is 4.47. The Labute approximate surface area is 144 Å². The van der Waals surface area contributed by atoms with Crippen LogP contribution in [0.2, 0.25) is 0 Å². The topological polar surface area (TPSA) is 21.3 Å². The Morgan fingerprint density at radius 2 is 1.42 bits per heavy atom. The van der Waals surface area contributed by atoms with Crippen LogP contribution >= 0.6 is 24.0 Å². The highest BCUT2D eigenvalue weighted by Gasteiger charge is 2.25. The van der Waals surface area contributed by atoms with Gasteiger partial charge in [-0.3, -0.25) is 4.72 Å². The summed E-state index contributed by atoms with van der Waals surface area (Å²) in [6.45, 7) is 2.26. The molecule has 9 heteroatoms. The van der Waals surface area contributed by atoms with E-state index >= 15 is 0 Å². The number of aryl methyl sites for hydroxylation is 1. The van der Waals surface area contributed by atoms with E-state index in [0.29, 0.717) is 11.9 Å². The molecule has 2 aromatic carbocycles. The summed E-state index contributed by atoms with van der Waals surface area (Å²) in [4.78, 5) is -0.0920. The summed E-state index contributed by atoms with van der Waals surface area (Å²) >= 11 is 1.44. The van der Waals surface area contributed by atoms with Crippen molar-refractivity contribution in [3.8, 4) is 0 Å². The molecular weight excluding hydrogens is 369 g/mol. The first kappa shape index (κ1) is 19.0. The SMILES string of the molecule is Cc1ccc(SOCCNSc2c(F)c(F)c(F)c(F)c2F)cc1. The second kappa shape index (κ2) is 8.70. The minimum absolute atomic E-state index is 0.142. The van der Waals surface area contributed by atoms with Crippen molar-refractivity contribution in [2.24, 2.45) is 0 Å². The van der Waals surface area contributed by atoms with Crippen molar-refractivity contribution < 1.29 is 26.1 Å². The van der Waals surface area contributed by atoms with Gasteiger partial charge in [-0.2, -0.15) is 0 Å². The van der Waals surface area contributed by atoms with Gasteiger partial charge in [0.2, 0.25) is 5.82 Å². The van der Waals surface area contributed by atoms with E-state index in [0.717, 1.165) is 22.5 Å². The van der Waals surface area contributed by atoms with Crippen molar-refractivity contribution in [2.75, 3.05) is 13.2 Å². The van der Waals surface area contributed by atoms with Gasteiger partial charge in [0.25, 0.3) is 0 Å². The molecular formula is C15H12F5NOS2. The summed E-state index contributed by atoms with van der Waals surface area (Å²) in [5.74, 6) is -9.83. The van der Waals surface area contributed by atoms with E-state index in [4.69, 9.17) is 4.18 Å². The molecule has 2 aromatic rings. The Kier molecular flexibility index (Phi) is 6.90. The smallest absolute Gasteiger partial charge is 0.200 e. The van der Waals surface area contributed by atoms with Crippen LogP contribution in [-0.2, 0) is 4.18 Å². The first-order chi connectivity index (χ1) is 11.4. The van der Waals surface area contributed by atoms with Crippen LogP contribution in [0.25, 0.3) is 0 Å². The Hall–Kier alpha value is -1.29. The molecule has 0 saturated heterocycles. The zero-order valence-corrected chi connectivity index (χ0v) is 14.0. The van der Waals surface area contributed by atoms with Gasteiger partial charge in [-0.1, -0.05) is 17.7 Å². The van der Waals surface area contributed by atoms with E-state index in [9.17, 15) is 22.0 Å². The summed E-state index contributed by atoms with van der Waals surface area (Å²) in [6, 6.07) is 7.58. The number of halogens is 5. The van der Waals surface area contributed by atoms with Gasteiger partial charge in [0.15, 0.2) is 23.3 Å². The lowest BCUT2D eigenvalue weighted by molar-refractivity contribution is 0.360. The first-order valence-electron chi connectivity index (χ1n) is 6.69. The molecule has 0 fully saturated rings. The van der Waals surface area contributed by atoms with Crippen LogP contribution in [0.15, 0.2) is 34.1 Å². The highest BCUT2D eigenvalue weighted by Crippen LogP contribution is 2.29. The molecule has 2 nitrogen and oxygen atoms in total. The third kappa shape index (κ3) is 4.62. The quantitative estimate of drug-likeness (QED) is 0.182. The van der Waals surface area contributed by atoms with Gasteiger partial charge in [-0.15, -0.1) is 0 Å².